The lowest BCUT2D eigenvalue weighted by atomic mass is 10.2. The van der Waals surface area contributed by atoms with Crippen LogP contribution in [0, 0.1) is 3.57 Å². The predicted molar refractivity (Wildman–Crippen MR) is 70.8 cm³/mol. The minimum atomic E-state index is -4.13. The molecule has 0 unspecified atom stereocenters. The Kier molecular flexibility index (Phi) is 5.72. The van der Waals surface area contributed by atoms with Crippen molar-refractivity contribution in [3.05, 3.63) is 33.4 Å². The van der Waals surface area contributed by atoms with Crippen molar-refractivity contribution in [1.29, 1.82) is 0 Å². The van der Waals surface area contributed by atoms with E-state index in [0.717, 1.165) is 15.6 Å². The first-order valence-corrected chi connectivity index (χ1v) is 6.52. The fourth-order valence-electron chi connectivity index (χ4n) is 1.63. The van der Waals surface area contributed by atoms with E-state index in [4.69, 9.17) is 0 Å². The van der Waals surface area contributed by atoms with Gasteiger partial charge in [0.2, 0.25) is 0 Å². The lowest BCUT2D eigenvalue weighted by Gasteiger charge is -2.23. The molecule has 0 aromatic heterocycles. The molecule has 0 aliphatic rings. The summed E-state index contributed by atoms with van der Waals surface area (Å²) in [5, 5.41) is 0. The van der Waals surface area contributed by atoms with Gasteiger partial charge >= 0.3 is 6.18 Å². The van der Waals surface area contributed by atoms with Crippen LogP contribution in [0.4, 0.5) is 13.2 Å². The summed E-state index contributed by atoms with van der Waals surface area (Å²) in [6, 6.07) is 7.57. The summed E-state index contributed by atoms with van der Waals surface area (Å²) in [5.41, 5.74) is 0.920. The molecule has 17 heavy (non-hydrogen) atoms. The van der Waals surface area contributed by atoms with Crippen LogP contribution in [0.5, 0.6) is 0 Å². The SMILES string of the molecule is CCCN(Cc1ccc(I)cc1)CC(F)(F)F. The van der Waals surface area contributed by atoms with Crippen molar-refractivity contribution in [2.24, 2.45) is 0 Å². The highest BCUT2D eigenvalue weighted by Crippen LogP contribution is 2.18. The van der Waals surface area contributed by atoms with E-state index >= 15 is 0 Å². The second kappa shape index (κ2) is 6.58. The Morgan fingerprint density at radius 3 is 2.24 bits per heavy atom. The van der Waals surface area contributed by atoms with E-state index in [2.05, 4.69) is 22.6 Å². The van der Waals surface area contributed by atoms with Gasteiger partial charge in [-0.05, 0) is 53.3 Å². The molecule has 96 valence electrons. The molecule has 0 saturated heterocycles. The van der Waals surface area contributed by atoms with Gasteiger partial charge in [0.05, 0.1) is 6.54 Å². The molecule has 0 aliphatic heterocycles. The average molecular weight is 357 g/mol. The zero-order chi connectivity index (χ0) is 12.9. The summed E-state index contributed by atoms with van der Waals surface area (Å²) < 4.78 is 38.1. The van der Waals surface area contributed by atoms with Crippen molar-refractivity contribution in [3.8, 4) is 0 Å². The molecule has 5 heteroatoms. The van der Waals surface area contributed by atoms with Gasteiger partial charge in [0.15, 0.2) is 0 Å². The molecule has 0 spiro atoms. The molecule has 0 heterocycles. The summed E-state index contributed by atoms with van der Waals surface area (Å²) in [5.74, 6) is 0. The Balaban J connectivity index is 2.63. The maximum Gasteiger partial charge on any atom is 0.401 e. The summed E-state index contributed by atoms with van der Waals surface area (Å²) >= 11 is 2.18. The van der Waals surface area contributed by atoms with Crippen LogP contribution in [0.2, 0.25) is 0 Å². The normalized spacial score (nSPS) is 12.1. The first-order valence-electron chi connectivity index (χ1n) is 5.44. The molecule has 0 atom stereocenters. The lowest BCUT2D eigenvalue weighted by Crippen LogP contribution is -2.34. The Bertz CT molecular complexity index is 335. The van der Waals surface area contributed by atoms with Crippen molar-refractivity contribution in [2.45, 2.75) is 26.1 Å². The number of alkyl halides is 3. The molecule has 1 nitrogen and oxygen atoms in total. The van der Waals surface area contributed by atoms with Crippen LogP contribution < -0.4 is 0 Å². The van der Waals surface area contributed by atoms with Crippen LogP contribution in [0.1, 0.15) is 18.9 Å². The van der Waals surface area contributed by atoms with Gasteiger partial charge in [-0.25, -0.2) is 0 Å². The van der Waals surface area contributed by atoms with Crippen molar-refractivity contribution >= 4 is 22.6 Å². The molecule has 1 aromatic rings. The van der Waals surface area contributed by atoms with Gasteiger partial charge in [0, 0.05) is 10.1 Å². The van der Waals surface area contributed by atoms with E-state index in [1.54, 1.807) is 0 Å². The molecule has 0 aliphatic carbocycles. The Hall–Kier alpha value is -0.300. The van der Waals surface area contributed by atoms with Crippen molar-refractivity contribution in [1.82, 2.24) is 4.90 Å². The van der Waals surface area contributed by atoms with Gasteiger partial charge in [-0.2, -0.15) is 13.2 Å². The average Bonchev–Trinajstić information content (AvgIpc) is 2.19. The third-order valence-electron chi connectivity index (χ3n) is 2.26. The number of benzene rings is 1. The second-order valence-electron chi connectivity index (χ2n) is 3.95. The van der Waals surface area contributed by atoms with E-state index in [-0.39, 0.29) is 0 Å². The van der Waals surface area contributed by atoms with Gasteiger partial charge in [-0.3, -0.25) is 4.90 Å². The monoisotopic (exact) mass is 357 g/mol. The summed E-state index contributed by atoms with van der Waals surface area (Å²) in [6.45, 7) is 1.86. The topological polar surface area (TPSA) is 3.24 Å². The molecule has 0 fully saturated rings. The van der Waals surface area contributed by atoms with Gasteiger partial charge in [-0.1, -0.05) is 19.1 Å². The van der Waals surface area contributed by atoms with Gasteiger partial charge < -0.3 is 0 Å². The maximum atomic E-state index is 12.4. The highest BCUT2D eigenvalue weighted by Gasteiger charge is 2.30. The predicted octanol–water partition coefficient (Wildman–Crippen LogP) is 4.07. The lowest BCUT2D eigenvalue weighted by molar-refractivity contribution is -0.147. The van der Waals surface area contributed by atoms with Crippen molar-refractivity contribution < 1.29 is 13.2 Å². The standard InChI is InChI=1S/C12H15F3IN/c1-2-7-17(9-12(13,14)15)8-10-3-5-11(16)6-4-10/h3-6H,2,7-9H2,1H3. The maximum absolute atomic E-state index is 12.4. The second-order valence-corrected chi connectivity index (χ2v) is 5.20. The summed E-state index contributed by atoms with van der Waals surface area (Å²) in [6.07, 6.45) is -3.40. The first kappa shape index (κ1) is 14.8. The van der Waals surface area contributed by atoms with Crippen LogP contribution in [0.15, 0.2) is 24.3 Å². The smallest absolute Gasteiger partial charge is 0.291 e. The van der Waals surface area contributed by atoms with Crippen molar-refractivity contribution in [3.63, 3.8) is 0 Å². The Labute approximate surface area is 113 Å². The molecular formula is C12H15F3IN. The highest BCUT2D eigenvalue weighted by atomic mass is 127. The number of nitrogens with zero attached hydrogens (tertiary/aromatic N) is 1. The molecule has 1 rings (SSSR count). The Morgan fingerprint density at radius 2 is 1.76 bits per heavy atom. The molecule has 0 amide bonds. The number of hydrogen-bond acceptors (Lipinski definition) is 1. The highest BCUT2D eigenvalue weighted by molar-refractivity contribution is 14.1. The van der Waals surface area contributed by atoms with Gasteiger partial charge in [0.25, 0.3) is 0 Å². The van der Waals surface area contributed by atoms with Crippen LogP contribution in [-0.4, -0.2) is 24.2 Å². The summed E-state index contributed by atoms with van der Waals surface area (Å²) in [7, 11) is 0. The van der Waals surface area contributed by atoms with E-state index in [9.17, 15) is 13.2 Å². The number of hydrogen-bond donors (Lipinski definition) is 0. The van der Waals surface area contributed by atoms with Gasteiger partial charge in [0.1, 0.15) is 0 Å². The molecule has 0 bridgehead atoms. The van der Waals surface area contributed by atoms with Crippen LogP contribution >= 0.6 is 22.6 Å². The van der Waals surface area contributed by atoms with Crippen molar-refractivity contribution in [2.75, 3.05) is 13.1 Å². The zero-order valence-corrected chi connectivity index (χ0v) is 11.8. The Morgan fingerprint density at radius 1 is 1.18 bits per heavy atom. The van der Waals surface area contributed by atoms with Crippen LogP contribution in [-0.2, 0) is 6.54 Å². The number of halogens is 4. The fourth-order valence-corrected chi connectivity index (χ4v) is 1.99. The third kappa shape index (κ3) is 6.26. The van der Waals surface area contributed by atoms with E-state index in [0.29, 0.717) is 13.1 Å². The largest absolute Gasteiger partial charge is 0.401 e. The number of rotatable bonds is 5. The minimum absolute atomic E-state index is 0.351. The molecule has 0 radical (unpaired) electrons. The van der Waals surface area contributed by atoms with Crippen LogP contribution in [0.25, 0.3) is 0 Å². The van der Waals surface area contributed by atoms with Gasteiger partial charge in [-0.15, -0.1) is 0 Å². The molecule has 0 saturated carbocycles. The van der Waals surface area contributed by atoms with E-state index in [1.165, 1.54) is 4.90 Å². The molecule has 0 N–H and O–H groups in total. The molecule has 1 aromatic carbocycles. The fraction of sp³-hybridized carbons (Fsp3) is 0.500. The third-order valence-corrected chi connectivity index (χ3v) is 2.98. The summed E-state index contributed by atoms with van der Waals surface area (Å²) in [4.78, 5) is 1.43. The van der Waals surface area contributed by atoms with E-state index < -0.39 is 12.7 Å². The molecular weight excluding hydrogens is 342 g/mol. The van der Waals surface area contributed by atoms with Crippen LogP contribution in [0.3, 0.4) is 0 Å². The first-order chi connectivity index (χ1) is 7.90. The van der Waals surface area contributed by atoms with E-state index in [1.807, 2.05) is 31.2 Å². The minimum Gasteiger partial charge on any atom is -0.291 e. The zero-order valence-electron chi connectivity index (χ0n) is 9.60. The quantitative estimate of drug-likeness (QED) is 0.719.